The third-order valence-corrected chi connectivity index (χ3v) is 5.67. The number of carboxylic acid groups (broad SMARTS) is 1. The van der Waals surface area contributed by atoms with Crippen LogP contribution < -0.4 is 33.2 Å². The van der Waals surface area contributed by atoms with Crippen LogP contribution in [-0.2, 0) is 19.2 Å². The van der Waals surface area contributed by atoms with E-state index in [-0.39, 0.29) is 23.7 Å². The van der Waals surface area contributed by atoms with E-state index >= 15 is 0 Å². The van der Waals surface area contributed by atoms with E-state index in [0.717, 1.165) is 0 Å². The van der Waals surface area contributed by atoms with Crippen molar-refractivity contribution in [1.29, 1.82) is 0 Å². The summed E-state index contributed by atoms with van der Waals surface area (Å²) >= 11 is 0. The maximum atomic E-state index is 13.2. The van der Waals surface area contributed by atoms with Gasteiger partial charge < -0.3 is 38.3 Å². The number of nitrogens with one attached hydrogen (secondary N) is 3. The first-order chi connectivity index (χ1) is 16.2. The standard InChI is InChI=1S/C23H45N7O5/c1-7-14(6)18(21(33)29-17(13(4)5)22(34)35)30-20(32)16(11-12(2)3)28-19(31)15(24)9-8-10-27-23(25)26/h12-18H,7-11,24H2,1-6H3,(H,28,31)(H,29,33)(H,30,32)(H,34,35)(H4,25,26,27). The maximum Gasteiger partial charge on any atom is 0.326 e. The monoisotopic (exact) mass is 499 g/mol. The number of hydrogen-bond acceptors (Lipinski definition) is 6. The lowest BCUT2D eigenvalue weighted by atomic mass is 9.95. The van der Waals surface area contributed by atoms with E-state index in [9.17, 15) is 24.3 Å². The molecule has 0 aromatic carbocycles. The number of aliphatic imine (C=N–C) groups is 1. The lowest BCUT2D eigenvalue weighted by molar-refractivity contribution is -0.144. The van der Waals surface area contributed by atoms with Crippen molar-refractivity contribution in [3.8, 4) is 0 Å². The van der Waals surface area contributed by atoms with E-state index in [1.165, 1.54) is 0 Å². The highest BCUT2D eigenvalue weighted by Gasteiger charge is 2.33. The van der Waals surface area contributed by atoms with E-state index in [4.69, 9.17) is 17.2 Å². The predicted molar refractivity (Wildman–Crippen MR) is 135 cm³/mol. The number of carbonyl (C=O) groups is 4. The number of aliphatic carboxylic acids is 1. The Morgan fingerprint density at radius 2 is 1.46 bits per heavy atom. The zero-order chi connectivity index (χ0) is 27.3. The fourth-order valence-corrected chi connectivity index (χ4v) is 3.34. The lowest BCUT2D eigenvalue weighted by Gasteiger charge is -2.29. The van der Waals surface area contributed by atoms with E-state index < -0.39 is 47.9 Å². The normalized spacial score (nSPS) is 15.5. The van der Waals surface area contributed by atoms with Crippen molar-refractivity contribution in [2.45, 2.75) is 91.4 Å². The van der Waals surface area contributed by atoms with Crippen LogP contribution in [0.25, 0.3) is 0 Å². The molecule has 0 spiro atoms. The molecule has 0 radical (unpaired) electrons. The van der Waals surface area contributed by atoms with Crippen LogP contribution in [0.1, 0.15) is 67.2 Å². The number of rotatable bonds is 16. The van der Waals surface area contributed by atoms with Gasteiger partial charge >= 0.3 is 5.97 Å². The Morgan fingerprint density at radius 1 is 0.886 bits per heavy atom. The van der Waals surface area contributed by atoms with Crippen molar-refractivity contribution in [3.63, 3.8) is 0 Å². The Bertz CT molecular complexity index is 738. The molecule has 0 aliphatic carbocycles. The molecule has 35 heavy (non-hydrogen) atoms. The molecule has 0 aromatic heterocycles. The molecule has 0 fully saturated rings. The Labute approximate surface area is 208 Å². The Morgan fingerprint density at radius 3 is 1.91 bits per heavy atom. The summed E-state index contributed by atoms with van der Waals surface area (Å²) in [6, 6.07) is -3.82. The van der Waals surface area contributed by atoms with Gasteiger partial charge in [-0.1, -0.05) is 48.0 Å². The zero-order valence-electron chi connectivity index (χ0n) is 21.8. The molecular weight excluding hydrogens is 454 g/mol. The summed E-state index contributed by atoms with van der Waals surface area (Å²) in [5, 5.41) is 17.3. The fourth-order valence-electron chi connectivity index (χ4n) is 3.34. The molecule has 202 valence electrons. The summed E-state index contributed by atoms with van der Waals surface area (Å²) in [5.74, 6) is -3.35. The first-order valence-electron chi connectivity index (χ1n) is 12.2. The quantitative estimate of drug-likeness (QED) is 0.0844. The third-order valence-electron chi connectivity index (χ3n) is 5.67. The van der Waals surface area contributed by atoms with Gasteiger partial charge in [-0.2, -0.15) is 0 Å². The second-order valence-electron chi connectivity index (χ2n) is 9.69. The fraction of sp³-hybridized carbons (Fsp3) is 0.783. The SMILES string of the molecule is CCC(C)C(NC(=O)C(CC(C)C)NC(=O)C(N)CCCN=C(N)N)C(=O)NC(C(=O)O)C(C)C. The molecule has 5 unspecified atom stereocenters. The Hall–Kier alpha value is -2.89. The van der Waals surface area contributed by atoms with Crippen LogP contribution in [0.4, 0.5) is 0 Å². The van der Waals surface area contributed by atoms with E-state index in [1.807, 2.05) is 20.8 Å². The minimum Gasteiger partial charge on any atom is -0.480 e. The average molecular weight is 500 g/mol. The molecule has 10 N–H and O–H groups in total. The molecular formula is C23H45N7O5. The van der Waals surface area contributed by atoms with E-state index in [2.05, 4.69) is 20.9 Å². The summed E-state index contributed by atoms with van der Waals surface area (Å²) < 4.78 is 0. The lowest BCUT2D eigenvalue weighted by Crippen LogP contribution is -2.59. The molecule has 0 rings (SSSR count). The molecule has 3 amide bonds. The van der Waals surface area contributed by atoms with Gasteiger partial charge in [0, 0.05) is 6.54 Å². The molecule has 0 saturated heterocycles. The maximum absolute atomic E-state index is 13.2. The van der Waals surface area contributed by atoms with Gasteiger partial charge in [0.15, 0.2) is 5.96 Å². The zero-order valence-corrected chi connectivity index (χ0v) is 21.8. The van der Waals surface area contributed by atoms with Gasteiger partial charge in [0.2, 0.25) is 17.7 Å². The van der Waals surface area contributed by atoms with Crippen molar-refractivity contribution in [2.24, 2.45) is 39.9 Å². The van der Waals surface area contributed by atoms with Crippen LogP contribution in [0, 0.1) is 17.8 Å². The highest BCUT2D eigenvalue weighted by Crippen LogP contribution is 2.12. The minimum absolute atomic E-state index is 0.0420. The highest BCUT2D eigenvalue weighted by molar-refractivity contribution is 5.94. The topological polar surface area (TPSA) is 215 Å². The summed E-state index contributed by atoms with van der Waals surface area (Å²) in [6.07, 6.45) is 1.71. The molecule has 5 atom stereocenters. The summed E-state index contributed by atoms with van der Waals surface area (Å²) in [5.41, 5.74) is 16.5. The average Bonchev–Trinajstić information content (AvgIpc) is 2.76. The summed E-state index contributed by atoms with van der Waals surface area (Å²) in [4.78, 5) is 54.1. The van der Waals surface area contributed by atoms with Crippen molar-refractivity contribution in [3.05, 3.63) is 0 Å². The molecule has 12 heteroatoms. The minimum atomic E-state index is -1.15. The van der Waals surface area contributed by atoms with Crippen LogP contribution >= 0.6 is 0 Å². The van der Waals surface area contributed by atoms with Crippen molar-refractivity contribution >= 4 is 29.7 Å². The van der Waals surface area contributed by atoms with Crippen LogP contribution in [0.2, 0.25) is 0 Å². The Balaban J connectivity index is 5.44. The Kier molecular flexibility index (Phi) is 14.6. The summed E-state index contributed by atoms with van der Waals surface area (Å²) in [7, 11) is 0. The van der Waals surface area contributed by atoms with Gasteiger partial charge in [0.05, 0.1) is 6.04 Å². The smallest absolute Gasteiger partial charge is 0.326 e. The van der Waals surface area contributed by atoms with Crippen molar-refractivity contribution in [1.82, 2.24) is 16.0 Å². The number of nitrogens with two attached hydrogens (primary N) is 3. The van der Waals surface area contributed by atoms with Gasteiger partial charge in [-0.05, 0) is 37.0 Å². The van der Waals surface area contributed by atoms with Gasteiger partial charge in [0.25, 0.3) is 0 Å². The highest BCUT2D eigenvalue weighted by atomic mass is 16.4. The van der Waals surface area contributed by atoms with Crippen LogP contribution in [-0.4, -0.2) is 65.5 Å². The molecule has 0 saturated carbocycles. The van der Waals surface area contributed by atoms with Gasteiger partial charge in [-0.3, -0.25) is 19.4 Å². The van der Waals surface area contributed by atoms with Crippen LogP contribution in [0.5, 0.6) is 0 Å². The number of hydrogen-bond donors (Lipinski definition) is 7. The number of nitrogens with zero attached hydrogens (tertiary/aromatic N) is 1. The van der Waals surface area contributed by atoms with Gasteiger partial charge in [0.1, 0.15) is 18.1 Å². The van der Waals surface area contributed by atoms with E-state index in [1.54, 1.807) is 20.8 Å². The number of amides is 3. The van der Waals surface area contributed by atoms with Gasteiger partial charge in [-0.25, -0.2) is 4.79 Å². The molecule has 0 aliphatic heterocycles. The van der Waals surface area contributed by atoms with Crippen LogP contribution in [0.15, 0.2) is 4.99 Å². The first kappa shape index (κ1) is 32.1. The predicted octanol–water partition coefficient (Wildman–Crippen LogP) is -0.345. The molecule has 0 aromatic rings. The molecule has 0 bridgehead atoms. The number of guanidine groups is 1. The second-order valence-corrected chi connectivity index (χ2v) is 9.69. The summed E-state index contributed by atoms with van der Waals surface area (Å²) in [6.45, 7) is 11.2. The van der Waals surface area contributed by atoms with Crippen molar-refractivity contribution < 1.29 is 24.3 Å². The van der Waals surface area contributed by atoms with E-state index in [0.29, 0.717) is 32.2 Å². The van der Waals surface area contributed by atoms with Crippen LogP contribution in [0.3, 0.4) is 0 Å². The first-order valence-corrected chi connectivity index (χ1v) is 12.2. The molecule has 12 nitrogen and oxygen atoms in total. The second kappa shape index (κ2) is 15.9. The molecule has 0 heterocycles. The number of carbonyl (C=O) groups excluding carboxylic acids is 3. The van der Waals surface area contributed by atoms with Gasteiger partial charge in [-0.15, -0.1) is 0 Å². The molecule has 0 aliphatic rings. The largest absolute Gasteiger partial charge is 0.480 e. The third kappa shape index (κ3) is 12.4. The van der Waals surface area contributed by atoms with Crippen molar-refractivity contribution in [2.75, 3.05) is 6.54 Å². The number of carboxylic acids is 1.